The van der Waals surface area contributed by atoms with E-state index in [1.807, 2.05) is 29.9 Å². The van der Waals surface area contributed by atoms with Gasteiger partial charge in [0.15, 0.2) is 5.16 Å². The van der Waals surface area contributed by atoms with Crippen molar-refractivity contribution in [3.8, 4) is 0 Å². The van der Waals surface area contributed by atoms with E-state index in [1.54, 1.807) is 18.3 Å². The van der Waals surface area contributed by atoms with Gasteiger partial charge in [0.25, 0.3) is 10.0 Å². The van der Waals surface area contributed by atoms with Gasteiger partial charge in [-0.2, -0.15) is 0 Å². The summed E-state index contributed by atoms with van der Waals surface area (Å²) >= 11 is 13.4. The number of hydrogen-bond acceptors (Lipinski definition) is 4. The van der Waals surface area contributed by atoms with Crippen LogP contribution in [0.1, 0.15) is 0 Å². The normalized spacial score (nSPS) is 11.5. The number of benzene rings is 2. The lowest BCUT2D eigenvalue weighted by atomic mass is 10.3. The second-order valence-corrected chi connectivity index (χ2v) is 8.58. The van der Waals surface area contributed by atoms with Crippen molar-refractivity contribution >= 4 is 50.7 Å². The molecule has 0 atom stereocenters. The van der Waals surface area contributed by atoms with Crippen LogP contribution in [-0.2, 0) is 17.1 Å². The van der Waals surface area contributed by atoms with Crippen LogP contribution in [0.3, 0.4) is 0 Å². The van der Waals surface area contributed by atoms with E-state index in [0.717, 1.165) is 10.1 Å². The molecule has 9 heteroatoms. The van der Waals surface area contributed by atoms with Crippen molar-refractivity contribution in [2.45, 2.75) is 14.9 Å². The van der Waals surface area contributed by atoms with Crippen molar-refractivity contribution < 1.29 is 8.42 Å². The van der Waals surface area contributed by atoms with Gasteiger partial charge in [0.2, 0.25) is 0 Å². The molecular weight excluding hydrogens is 401 g/mol. The highest BCUT2D eigenvalue weighted by Crippen LogP contribution is 2.31. The molecule has 0 unspecified atom stereocenters. The number of imidazole rings is 1. The molecule has 25 heavy (non-hydrogen) atoms. The van der Waals surface area contributed by atoms with Gasteiger partial charge >= 0.3 is 0 Å². The number of nitrogens with one attached hydrogen (secondary N) is 1. The van der Waals surface area contributed by atoms with Crippen LogP contribution < -0.4 is 4.72 Å². The molecule has 3 rings (SSSR count). The summed E-state index contributed by atoms with van der Waals surface area (Å²) in [6, 6.07) is 11.5. The van der Waals surface area contributed by atoms with Crippen molar-refractivity contribution in [2.24, 2.45) is 7.05 Å². The molecule has 0 radical (unpaired) electrons. The van der Waals surface area contributed by atoms with Crippen LogP contribution in [0.2, 0.25) is 10.0 Å². The van der Waals surface area contributed by atoms with Gasteiger partial charge in [-0.25, -0.2) is 13.4 Å². The van der Waals surface area contributed by atoms with Crippen LogP contribution in [0.4, 0.5) is 5.69 Å². The third-order valence-electron chi connectivity index (χ3n) is 3.30. The zero-order valence-electron chi connectivity index (χ0n) is 13.0. The summed E-state index contributed by atoms with van der Waals surface area (Å²) in [5, 5.41) is 1.03. The third-order valence-corrected chi connectivity index (χ3v) is 6.74. The fourth-order valence-corrected chi connectivity index (χ4v) is 4.67. The van der Waals surface area contributed by atoms with Gasteiger partial charge in [0, 0.05) is 30.0 Å². The Morgan fingerprint density at radius 2 is 1.84 bits per heavy atom. The molecule has 2 aromatic carbocycles. The number of sulfonamides is 1. The lowest BCUT2D eigenvalue weighted by Crippen LogP contribution is -2.13. The summed E-state index contributed by atoms with van der Waals surface area (Å²) in [4.78, 5) is 5.12. The highest BCUT2D eigenvalue weighted by atomic mass is 35.5. The Hall–Kier alpha value is -1.67. The first kappa shape index (κ1) is 18.1. The van der Waals surface area contributed by atoms with Crippen LogP contribution in [0.5, 0.6) is 0 Å². The van der Waals surface area contributed by atoms with Gasteiger partial charge in [0.05, 0.1) is 10.0 Å². The number of anilines is 1. The highest BCUT2D eigenvalue weighted by molar-refractivity contribution is 7.99. The second-order valence-electron chi connectivity index (χ2n) is 5.10. The minimum Gasteiger partial charge on any atom is -0.329 e. The number of nitrogens with zero attached hydrogens (tertiary/aromatic N) is 2. The lowest BCUT2D eigenvalue weighted by molar-refractivity contribution is 0.601. The standard InChI is InChI=1S/C16H13Cl2N3O2S2/c1-21-10-9-19-16(21)24-12-7-5-11(6-8-12)20-25(22,23)14-4-2-3-13(17)15(14)18/h2-10,20H,1H3. The van der Waals surface area contributed by atoms with Gasteiger partial charge in [-0.05, 0) is 36.4 Å². The van der Waals surface area contributed by atoms with Crippen LogP contribution in [-0.4, -0.2) is 18.0 Å². The zero-order valence-corrected chi connectivity index (χ0v) is 16.1. The van der Waals surface area contributed by atoms with E-state index in [2.05, 4.69) is 9.71 Å². The second kappa shape index (κ2) is 7.29. The van der Waals surface area contributed by atoms with E-state index >= 15 is 0 Å². The summed E-state index contributed by atoms with van der Waals surface area (Å²) in [6.45, 7) is 0. The van der Waals surface area contributed by atoms with E-state index in [0.29, 0.717) is 5.69 Å². The molecular formula is C16H13Cl2N3O2S2. The number of rotatable bonds is 5. The highest BCUT2D eigenvalue weighted by Gasteiger charge is 2.19. The molecule has 0 saturated carbocycles. The number of hydrogen-bond donors (Lipinski definition) is 1. The predicted molar refractivity (Wildman–Crippen MR) is 101 cm³/mol. The number of aryl methyl sites for hydroxylation is 1. The minimum absolute atomic E-state index is 0.00127. The van der Waals surface area contributed by atoms with Crippen LogP contribution in [0.15, 0.2) is 69.8 Å². The SMILES string of the molecule is Cn1ccnc1Sc1ccc(NS(=O)(=O)c2cccc(Cl)c2Cl)cc1. The van der Waals surface area contributed by atoms with E-state index in [4.69, 9.17) is 23.2 Å². The lowest BCUT2D eigenvalue weighted by Gasteiger charge is -2.10. The third kappa shape index (κ3) is 4.12. The fraction of sp³-hybridized carbons (Fsp3) is 0.0625. The summed E-state index contributed by atoms with van der Waals surface area (Å²) in [5.74, 6) is 0. The van der Waals surface area contributed by atoms with Crippen LogP contribution in [0, 0.1) is 0 Å². The first-order valence-electron chi connectivity index (χ1n) is 7.09. The van der Waals surface area contributed by atoms with E-state index in [-0.39, 0.29) is 14.9 Å². The predicted octanol–water partition coefficient (Wildman–Crippen LogP) is 4.68. The fourth-order valence-electron chi connectivity index (χ4n) is 2.05. The van der Waals surface area contributed by atoms with Crippen molar-refractivity contribution in [2.75, 3.05) is 4.72 Å². The molecule has 0 amide bonds. The minimum atomic E-state index is -3.83. The molecule has 0 spiro atoms. The van der Waals surface area contributed by atoms with Gasteiger partial charge in [0.1, 0.15) is 4.90 Å². The van der Waals surface area contributed by atoms with E-state index in [1.165, 1.54) is 30.0 Å². The topological polar surface area (TPSA) is 64.0 Å². The quantitative estimate of drug-likeness (QED) is 0.659. The maximum atomic E-state index is 12.5. The maximum Gasteiger partial charge on any atom is 0.263 e. The Bertz CT molecular complexity index is 1000. The molecule has 0 aliphatic carbocycles. The molecule has 0 aliphatic rings. The molecule has 0 bridgehead atoms. The summed E-state index contributed by atoms with van der Waals surface area (Å²) in [7, 11) is -1.92. The average Bonchev–Trinajstić information content (AvgIpc) is 2.96. The Kier molecular flexibility index (Phi) is 5.29. The smallest absolute Gasteiger partial charge is 0.263 e. The zero-order chi connectivity index (χ0) is 18.0. The number of aromatic nitrogens is 2. The molecule has 3 aromatic rings. The molecule has 5 nitrogen and oxygen atoms in total. The molecule has 1 aromatic heterocycles. The van der Waals surface area contributed by atoms with Gasteiger partial charge in [-0.15, -0.1) is 0 Å². The summed E-state index contributed by atoms with van der Waals surface area (Å²) in [5.41, 5.74) is 0.431. The van der Waals surface area contributed by atoms with Gasteiger partial charge < -0.3 is 4.57 Å². The summed E-state index contributed by atoms with van der Waals surface area (Å²) in [6.07, 6.45) is 3.58. The largest absolute Gasteiger partial charge is 0.329 e. The van der Waals surface area contributed by atoms with Gasteiger partial charge in [-0.3, -0.25) is 4.72 Å². The molecule has 1 N–H and O–H groups in total. The van der Waals surface area contributed by atoms with E-state index in [9.17, 15) is 8.42 Å². The molecule has 0 saturated heterocycles. The molecule has 0 fully saturated rings. The average molecular weight is 414 g/mol. The van der Waals surface area contributed by atoms with Crippen LogP contribution >= 0.6 is 35.0 Å². The van der Waals surface area contributed by atoms with Crippen LogP contribution in [0.25, 0.3) is 0 Å². The van der Waals surface area contributed by atoms with Crippen molar-refractivity contribution in [1.82, 2.24) is 9.55 Å². The summed E-state index contributed by atoms with van der Waals surface area (Å²) < 4.78 is 29.4. The van der Waals surface area contributed by atoms with Crippen molar-refractivity contribution in [1.29, 1.82) is 0 Å². The van der Waals surface area contributed by atoms with Gasteiger partial charge in [-0.1, -0.05) is 41.0 Å². The Balaban J connectivity index is 1.79. The van der Waals surface area contributed by atoms with Crippen molar-refractivity contribution in [3.05, 3.63) is 64.9 Å². The Labute approximate surface area is 160 Å². The maximum absolute atomic E-state index is 12.5. The number of halogens is 2. The van der Waals surface area contributed by atoms with E-state index < -0.39 is 10.0 Å². The molecule has 0 aliphatic heterocycles. The first-order valence-corrected chi connectivity index (χ1v) is 10.1. The first-order chi connectivity index (χ1) is 11.9. The Morgan fingerprint density at radius 1 is 1.12 bits per heavy atom. The molecule has 130 valence electrons. The van der Waals surface area contributed by atoms with Crippen molar-refractivity contribution in [3.63, 3.8) is 0 Å². The Morgan fingerprint density at radius 3 is 2.48 bits per heavy atom. The monoisotopic (exact) mass is 413 g/mol. The molecule has 1 heterocycles.